The molecule has 20 heavy (non-hydrogen) atoms. The summed E-state index contributed by atoms with van der Waals surface area (Å²) < 4.78 is 10.2. The first-order valence-corrected chi connectivity index (χ1v) is 6.15. The van der Waals surface area contributed by atoms with Gasteiger partial charge in [0.1, 0.15) is 36.6 Å². The molecule has 9 nitrogen and oxygen atoms in total. The predicted molar refractivity (Wildman–Crippen MR) is 63.5 cm³/mol. The van der Waals surface area contributed by atoms with Crippen molar-refractivity contribution in [2.24, 2.45) is 0 Å². The van der Waals surface area contributed by atoms with Crippen molar-refractivity contribution in [3.05, 3.63) is 0 Å². The molecule has 1 fully saturated rings. The minimum absolute atomic E-state index is 0.573. The zero-order chi connectivity index (χ0) is 15.6. The second kappa shape index (κ2) is 6.60. The second-order valence-corrected chi connectivity index (χ2v) is 5.09. The van der Waals surface area contributed by atoms with Gasteiger partial charge in [-0.3, -0.25) is 0 Å². The number of hydrogen-bond acceptors (Lipinski definition) is 9. The van der Waals surface area contributed by atoms with Crippen LogP contribution in [-0.4, -0.2) is 98.0 Å². The smallest absolute Gasteiger partial charge is 0.221 e. The highest BCUT2D eigenvalue weighted by Crippen LogP contribution is 2.32. The molecule has 6 atom stereocenters. The molecule has 0 aromatic rings. The van der Waals surface area contributed by atoms with Crippen molar-refractivity contribution >= 4 is 0 Å². The van der Waals surface area contributed by atoms with E-state index in [1.165, 1.54) is 6.92 Å². The van der Waals surface area contributed by atoms with Gasteiger partial charge in [-0.05, 0) is 6.92 Å². The Morgan fingerprint density at radius 2 is 1.90 bits per heavy atom. The fraction of sp³-hybridized carbons (Fsp3) is 1.00. The first-order valence-electron chi connectivity index (χ1n) is 6.15. The number of ether oxygens (including phenoxy) is 2. The van der Waals surface area contributed by atoms with Gasteiger partial charge in [0, 0.05) is 0 Å². The maximum atomic E-state index is 9.82. The van der Waals surface area contributed by atoms with Gasteiger partial charge in [0.25, 0.3) is 0 Å². The van der Waals surface area contributed by atoms with Crippen LogP contribution in [0, 0.1) is 0 Å². The molecule has 1 aliphatic heterocycles. The minimum Gasteiger partial charge on any atom is -0.394 e. The van der Waals surface area contributed by atoms with Crippen LogP contribution in [0.3, 0.4) is 0 Å². The van der Waals surface area contributed by atoms with Crippen LogP contribution in [0.15, 0.2) is 0 Å². The molecule has 0 unspecified atom stereocenters. The molecule has 1 aliphatic rings. The van der Waals surface area contributed by atoms with Gasteiger partial charge in [0.15, 0.2) is 0 Å². The van der Waals surface area contributed by atoms with Crippen molar-refractivity contribution in [1.82, 2.24) is 0 Å². The number of rotatable bonds is 7. The average molecular weight is 298 g/mol. The van der Waals surface area contributed by atoms with Gasteiger partial charge in [0.2, 0.25) is 5.79 Å². The first-order chi connectivity index (χ1) is 9.24. The standard InChI is InChI=1S/C11H22O9/c1-10(18,4-13)7(15)3-19-11(5-14)9(17)8(16)6(2-12)20-11/h6-9,12-18H,2-5H2,1H3/t6-,7-,8-,9-,10+,11-/m1/s1. The van der Waals surface area contributed by atoms with E-state index in [1.54, 1.807) is 0 Å². The Bertz CT molecular complexity index is 310. The highest BCUT2D eigenvalue weighted by atomic mass is 16.7. The first kappa shape index (κ1) is 17.7. The maximum absolute atomic E-state index is 9.82. The summed E-state index contributed by atoms with van der Waals surface area (Å²) >= 11 is 0. The molecule has 120 valence electrons. The molecule has 1 rings (SSSR count). The zero-order valence-corrected chi connectivity index (χ0v) is 11.1. The molecular weight excluding hydrogens is 276 g/mol. The Morgan fingerprint density at radius 1 is 1.30 bits per heavy atom. The summed E-state index contributed by atoms with van der Waals surface area (Å²) in [6, 6.07) is 0. The highest BCUT2D eigenvalue weighted by Gasteiger charge is 2.55. The van der Waals surface area contributed by atoms with E-state index < -0.39 is 62.2 Å². The third-order valence-corrected chi connectivity index (χ3v) is 3.43. The SMILES string of the molecule is C[C@](O)(CO)[C@H](O)CO[C@]1(CO)O[C@H](CO)[C@@H](O)[C@H]1O. The van der Waals surface area contributed by atoms with Crippen LogP contribution in [0.25, 0.3) is 0 Å². The van der Waals surface area contributed by atoms with Crippen molar-refractivity contribution in [3.63, 3.8) is 0 Å². The Hall–Kier alpha value is -0.360. The van der Waals surface area contributed by atoms with E-state index in [9.17, 15) is 25.5 Å². The summed E-state index contributed by atoms with van der Waals surface area (Å²) in [6.07, 6.45) is -5.77. The van der Waals surface area contributed by atoms with E-state index in [-0.39, 0.29) is 0 Å². The Kier molecular flexibility index (Phi) is 5.84. The molecule has 1 saturated heterocycles. The molecule has 0 aromatic heterocycles. The summed E-state index contributed by atoms with van der Waals surface area (Å²) in [5, 5.41) is 65.8. The van der Waals surface area contributed by atoms with Gasteiger partial charge in [-0.15, -0.1) is 0 Å². The van der Waals surface area contributed by atoms with Crippen LogP contribution >= 0.6 is 0 Å². The Morgan fingerprint density at radius 3 is 2.30 bits per heavy atom. The normalized spacial score (nSPS) is 38.7. The van der Waals surface area contributed by atoms with Gasteiger partial charge in [0.05, 0.1) is 19.8 Å². The molecule has 9 heteroatoms. The largest absolute Gasteiger partial charge is 0.394 e. The Balaban J connectivity index is 2.73. The molecule has 0 aliphatic carbocycles. The lowest BCUT2D eigenvalue weighted by Gasteiger charge is -2.33. The summed E-state index contributed by atoms with van der Waals surface area (Å²) in [5.74, 6) is -2.01. The summed E-state index contributed by atoms with van der Waals surface area (Å²) in [5.41, 5.74) is -1.84. The zero-order valence-electron chi connectivity index (χ0n) is 11.1. The molecule has 1 heterocycles. The van der Waals surface area contributed by atoms with E-state index in [0.717, 1.165) is 0 Å². The summed E-state index contributed by atoms with van der Waals surface area (Å²) in [6.45, 7) is -1.56. The van der Waals surface area contributed by atoms with Crippen LogP contribution < -0.4 is 0 Å². The fourth-order valence-corrected chi connectivity index (χ4v) is 1.81. The van der Waals surface area contributed by atoms with Crippen LogP contribution in [-0.2, 0) is 9.47 Å². The molecule has 0 aromatic carbocycles. The predicted octanol–water partition coefficient (Wildman–Crippen LogP) is -4.09. The van der Waals surface area contributed by atoms with E-state index >= 15 is 0 Å². The van der Waals surface area contributed by atoms with Crippen LogP contribution in [0.4, 0.5) is 0 Å². The summed E-state index contributed by atoms with van der Waals surface area (Å²) in [4.78, 5) is 0. The second-order valence-electron chi connectivity index (χ2n) is 5.09. The van der Waals surface area contributed by atoms with E-state index in [1.807, 2.05) is 0 Å². The average Bonchev–Trinajstić information content (AvgIpc) is 2.69. The lowest BCUT2D eigenvalue weighted by Crippen LogP contribution is -2.52. The highest BCUT2D eigenvalue weighted by molar-refractivity contribution is 4.97. The van der Waals surface area contributed by atoms with E-state index in [0.29, 0.717) is 0 Å². The van der Waals surface area contributed by atoms with Crippen molar-refractivity contribution in [2.75, 3.05) is 26.4 Å². The van der Waals surface area contributed by atoms with Gasteiger partial charge in [-0.2, -0.15) is 0 Å². The van der Waals surface area contributed by atoms with Crippen molar-refractivity contribution in [2.45, 2.75) is 42.7 Å². The molecule has 0 saturated carbocycles. The van der Waals surface area contributed by atoms with Gasteiger partial charge in [-0.25, -0.2) is 0 Å². The maximum Gasteiger partial charge on any atom is 0.221 e. The third kappa shape index (κ3) is 3.27. The van der Waals surface area contributed by atoms with Crippen molar-refractivity contribution in [3.8, 4) is 0 Å². The van der Waals surface area contributed by atoms with E-state index in [4.69, 9.17) is 19.7 Å². The molecule has 7 N–H and O–H groups in total. The van der Waals surface area contributed by atoms with Crippen LogP contribution in [0.1, 0.15) is 6.92 Å². The van der Waals surface area contributed by atoms with Crippen molar-refractivity contribution in [1.29, 1.82) is 0 Å². The molecule has 0 bridgehead atoms. The van der Waals surface area contributed by atoms with Gasteiger partial charge < -0.3 is 45.2 Å². The topological polar surface area (TPSA) is 160 Å². The quantitative estimate of drug-likeness (QED) is 0.248. The lowest BCUT2D eigenvalue weighted by atomic mass is 10.0. The third-order valence-electron chi connectivity index (χ3n) is 3.43. The molecule has 0 amide bonds. The fourth-order valence-electron chi connectivity index (χ4n) is 1.81. The number of aliphatic hydroxyl groups excluding tert-OH is 6. The minimum atomic E-state index is -2.01. The Labute approximate surface area is 115 Å². The van der Waals surface area contributed by atoms with Crippen LogP contribution in [0.2, 0.25) is 0 Å². The molecule has 0 spiro atoms. The molecule has 0 radical (unpaired) electrons. The lowest BCUT2D eigenvalue weighted by molar-refractivity contribution is -0.289. The van der Waals surface area contributed by atoms with E-state index in [2.05, 4.69) is 0 Å². The van der Waals surface area contributed by atoms with Gasteiger partial charge >= 0.3 is 0 Å². The molecular formula is C11H22O9. The van der Waals surface area contributed by atoms with Crippen molar-refractivity contribution < 1.29 is 45.2 Å². The summed E-state index contributed by atoms with van der Waals surface area (Å²) in [7, 11) is 0. The number of aliphatic hydroxyl groups is 7. The van der Waals surface area contributed by atoms with Crippen LogP contribution in [0.5, 0.6) is 0 Å². The van der Waals surface area contributed by atoms with Gasteiger partial charge in [-0.1, -0.05) is 0 Å². The number of hydrogen-bond donors (Lipinski definition) is 7. The monoisotopic (exact) mass is 298 g/mol.